The highest BCUT2D eigenvalue weighted by Gasteiger charge is 2.48. The number of thiophene rings is 1. The van der Waals surface area contributed by atoms with Crippen LogP contribution in [0.5, 0.6) is 0 Å². The maximum Gasteiger partial charge on any atom is 0.187 e. The molecule has 1 aromatic heterocycles. The van der Waals surface area contributed by atoms with Crippen molar-refractivity contribution in [3.63, 3.8) is 0 Å². The van der Waals surface area contributed by atoms with Gasteiger partial charge < -0.3 is 0 Å². The first-order valence-corrected chi connectivity index (χ1v) is 8.02. The number of Topliss-reactive ketones (excluding diaryl/α,β-unsaturated/α-hetero) is 2. The van der Waals surface area contributed by atoms with Gasteiger partial charge in [-0.05, 0) is 25.5 Å². The number of hydrogen-bond acceptors (Lipinski definition) is 4. The smallest absolute Gasteiger partial charge is 0.187 e. The van der Waals surface area contributed by atoms with Crippen LogP contribution < -0.4 is 0 Å². The molecule has 0 unspecified atom stereocenters. The van der Waals surface area contributed by atoms with Crippen LogP contribution in [0.4, 0.5) is 0 Å². The SMILES string of the molecule is Cc1ccc([C@@H]2C[C@H]2C(=O)[C@H](C#N)C(=O)c2ccccc2)s1. The molecule has 3 atom stereocenters. The van der Waals surface area contributed by atoms with Crippen LogP contribution in [0, 0.1) is 30.1 Å². The van der Waals surface area contributed by atoms with Crippen molar-refractivity contribution in [1.82, 2.24) is 0 Å². The van der Waals surface area contributed by atoms with E-state index < -0.39 is 5.92 Å². The average molecular weight is 309 g/mol. The average Bonchev–Trinajstić information content (AvgIpc) is 3.23. The Morgan fingerprint density at radius 1 is 1.23 bits per heavy atom. The fourth-order valence-electron chi connectivity index (χ4n) is 2.71. The quantitative estimate of drug-likeness (QED) is 0.624. The van der Waals surface area contributed by atoms with E-state index in [1.807, 2.05) is 25.1 Å². The second-order valence-electron chi connectivity index (χ2n) is 5.59. The minimum absolute atomic E-state index is 0.185. The van der Waals surface area contributed by atoms with E-state index in [9.17, 15) is 14.9 Å². The predicted octanol–water partition coefficient (Wildman–Crippen LogP) is 3.75. The number of aryl methyl sites for hydroxylation is 1. The Balaban J connectivity index is 1.74. The molecule has 1 saturated carbocycles. The summed E-state index contributed by atoms with van der Waals surface area (Å²) < 4.78 is 0. The number of ketones is 2. The van der Waals surface area contributed by atoms with Crippen molar-refractivity contribution in [2.75, 3.05) is 0 Å². The lowest BCUT2D eigenvalue weighted by molar-refractivity contribution is -0.121. The van der Waals surface area contributed by atoms with Gasteiger partial charge in [0.1, 0.15) is 0 Å². The number of nitriles is 1. The van der Waals surface area contributed by atoms with Gasteiger partial charge >= 0.3 is 0 Å². The highest BCUT2D eigenvalue weighted by atomic mass is 32.1. The number of carbonyl (C=O) groups is 2. The van der Waals surface area contributed by atoms with Crippen molar-refractivity contribution in [3.8, 4) is 6.07 Å². The molecule has 0 aliphatic heterocycles. The van der Waals surface area contributed by atoms with Gasteiger partial charge in [0.2, 0.25) is 0 Å². The summed E-state index contributed by atoms with van der Waals surface area (Å²) >= 11 is 1.68. The third-order valence-electron chi connectivity index (χ3n) is 4.02. The number of rotatable bonds is 5. The summed E-state index contributed by atoms with van der Waals surface area (Å²) in [6.07, 6.45) is 0.749. The van der Waals surface area contributed by atoms with Crippen molar-refractivity contribution in [3.05, 3.63) is 57.8 Å². The lowest BCUT2D eigenvalue weighted by atomic mass is 9.92. The van der Waals surface area contributed by atoms with E-state index in [1.165, 1.54) is 9.75 Å². The zero-order valence-corrected chi connectivity index (χ0v) is 13.0. The van der Waals surface area contributed by atoms with E-state index in [1.54, 1.807) is 41.7 Å². The van der Waals surface area contributed by atoms with Crippen molar-refractivity contribution >= 4 is 22.9 Å². The van der Waals surface area contributed by atoms with E-state index in [0.717, 1.165) is 6.42 Å². The van der Waals surface area contributed by atoms with Crippen LogP contribution in [-0.4, -0.2) is 11.6 Å². The van der Waals surface area contributed by atoms with Gasteiger partial charge in [-0.3, -0.25) is 9.59 Å². The van der Waals surface area contributed by atoms with E-state index in [4.69, 9.17) is 0 Å². The summed E-state index contributed by atoms with van der Waals surface area (Å²) in [5.41, 5.74) is 0.423. The molecule has 0 bridgehead atoms. The van der Waals surface area contributed by atoms with Crippen molar-refractivity contribution in [2.45, 2.75) is 19.3 Å². The van der Waals surface area contributed by atoms with Crippen molar-refractivity contribution in [1.29, 1.82) is 5.26 Å². The van der Waals surface area contributed by atoms with Gasteiger partial charge in [-0.25, -0.2) is 0 Å². The van der Waals surface area contributed by atoms with Crippen LogP contribution in [0.2, 0.25) is 0 Å². The van der Waals surface area contributed by atoms with Crippen LogP contribution in [-0.2, 0) is 4.79 Å². The van der Waals surface area contributed by atoms with Crippen molar-refractivity contribution in [2.24, 2.45) is 11.8 Å². The Hall–Kier alpha value is -2.25. The first-order chi connectivity index (χ1) is 10.6. The highest BCUT2D eigenvalue weighted by molar-refractivity contribution is 7.12. The maximum absolute atomic E-state index is 12.5. The Morgan fingerprint density at radius 3 is 2.55 bits per heavy atom. The third kappa shape index (κ3) is 2.72. The molecule has 3 rings (SSSR count). The second-order valence-corrected chi connectivity index (χ2v) is 6.91. The molecule has 4 heteroatoms. The fraction of sp³-hybridized carbons (Fsp3) is 0.278. The van der Waals surface area contributed by atoms with E-state index in [-0.39, 0.29) is 23.4 Å². The number of hydrogen-bond donors (Lipinski definition) is 0. The van der Waals surface area contributed by atoms with E-state index in [2.05, 4.69) is 0 Å². The monoisotopic (exact) mass is 309 g/mol. The normalized spacial score (nSPS) is 20.9. The van der Waals surface area contributed by atoms with Gasteiger partial charge in [0.15, 0.2) is 17.5 Å². The van der Waals surface area contributed by atoms with Gasteiger partial charge in [0.05, 0.1) is 6.07 Å². The van der Waals surface area contributed by atoms with E-state index >= 15 is 0 Å². The number of benzene rings is 1. The molecule has 110 valence electrons. The molecule has 1 aliphatic carbocycles. The van der Waals surface area contributed by atoms with Crippen molar-refractivity contribution < 1.29 is 9.59 Å². The molecule has 0 radical (unpaired) electrons. The molecule has 0 N–H and O–H groups in total. The van der Waals surface area contributed by atoms with Crippen LogP contribution in [0.15, 0.2) is 42.5 Å². The molecule has 1 aliphatic rings. The third-order valence-corrected chi connectivity index (χ3v) is 5.15. The van der Waals surface area contributed by atoms with Gasteiger partial charge in [-0.2, -0.15) is 5.26 Å². The van der Waals surface area contributed by atoms with Crippen LogP contribution >= 0.6 is 11.3 Å². The molecular formula is C18H15NO2S. The maximum atomic E-state index is 12.5. The summed E-state index contributed by atoms with van der Waals surface area (Å²) in [7, 11) is 0. The Morgan fingerprint density at radius 2 is 1.95 bits per heavy atom. The molecule has 22 heavy (non-hydrogen) atoms. The molecule has 0 amide bonds. The van der Waals surface area contributed by atoms with Crippen LogP contribution in [0.1, 0.15) is 32.5 Å². The topological polar surface area (TPSA) is 57.9 Å². The first-order valence-electron chi connectivity index (χ1n) is 7.20. The summed E-state index contributed by atoms with van der Waals surface area (Å²) in [5, 5.41) is 9.28. The Kier molecular flexibility index (Phi) is 3.91. The minimum Gasteiger partial charge on any atom is -0.297 e. The number of nitrogens with zero attached hydrogens (tertiary/aromatic N) is 1. The van der Waals surface area contributed by atoms with Gasteiger partial charge in [-0.15, -0.1) is 11.3 Å². The van der Waals surface area contributed by atoms with Crippen LogP contribution in [0.3, 0.4) is 0 Å². The highest BCUT2D eigenvalue weighted by Crippen LogP contribution is 2.51. The van der Waals surface area contributed by atoms with Gasteiger partial charge in [0, 0.05) is 27.2 Å². The number of carbonyl (C=O) groups excluding carboxylic acids is 2. The van der Waals surface area contributed by atoms with Gasteiger partial charge in [-0.1, -0.05) is 30.3 Å². The summed E-state index contributed by atoms with van der Waals surface area (Å²) in [4.78, 5) is 27.3. The fourth-order valence-corrected chi connectivity index (χ4v) is 3.77. The molecule has 1 aromatic carbocycles. The van der Waals surface area contributed by atoms with Gasteiger partial charge in [0.25, 0.3) is 0 Å². The molecule has 2 aromatic rings. The van der Waals surface area contributed by atoms with E-state index in [0.29, 0.717) is 5.56 Å². The lowest BCUT2D eigenvalue weighted by Crippen LogP contribution is -2.24. The molecule has 1 fully saturated rings. The first kappa shape index (κ1) is 14.7. The Labute approximate surface area is 133 Å². The molecule has 1 heterocycles. The molecule has 0 spiro atoms. The molecule has 0 saturated heterocycles. The summed E-state index contributed by atoms with van der Waals surface area (Å²) in [6, 6.07) is 14.5. The Bertz CT molecular complexity index is 757. The second kappa shape index (κ2) is 5.86. The largest absolute Gasteiger partial charge is 0.297 e. The zero-order valence-electron chi connectivity index (χ0n) is 12.2. The standard InChI is InChI=1S/C18H15NO2S/c1-11-7-8-16(22-11)13-9-14(13)18(21)15(10-19)17(20)12-5-3-2-4-6-12/h2-8,13-15H,9H2,1H3/t13-,14-,15-/m1/s1. The zero-order chi connectivity index (χ0) is 15.7. The van der Waals surface area contributed by atoms with Crippen LogP contribution in [0.25, 0.3) is 0 Å². The summed E-state index contributed by atoms with van der Waals surface area (Å²) in [6.45, 7) is 2.03. The molecule has 3 nitrogen and oxygen atoms in total. The predicted molar refractivity (Wildman–Crippen MR) is 84.8 cm³/mol. The minimum atomic E-state index is -1.18. The summed E-state index contributed by atoms with van der Waals surface area (Å²) in [5.74, 6) is -1.80. The lowest BCUT2D eigenvalue weighted by Gasteiger charge is -2.07. The molecular weight excluding hydrogens is 294 g/mol.